The van der Waals surface area contributed by atoms with Crippen LogP contribution in [0, 0.1) is 11.8 Å². The Balaban J connectivity index is 1.20. The number of nitrogens with zero attached hydrogens (tertiary/aromatic N) is 5. The zero-order valence-corrected chi connectivity index (χ0v) is 23.4. The molecule has 1 aliphatic heterocycles. The van der Waals surface area contributed by atoms with Gasteiger partial charge in [-0.1, -0.05) is 36.4 Å². The van der Waals surface area contributed by atoms with E-state index in [4.69, 9.17) is 5.73 Å². The monoisotopic (exact) mass is 549 g/mol. The van der Waals surface area contributed by atoms with E-state index >= 15 is 0 Å². The third-order valence-corrected chi connectivity index (χ3v) is 8.29. The molecule has 6 rings (SSSR count). The molecular weight excluding hydrogens is 514 g/mol. The van der Waals surface area contributed by atoms with Crippen LogP contribution in [0.15, 0.2) is 79.3 Å². The maximum atomic E-state index is 12.8. The molecule has 2 aromatic heterocycles. The zero-order chi connectivity index (χ0) is 28.5. The molecule has 1 saturated heterocycles. The van der Waals surface area contributed by atoms with Crippen LogP contribution in [-0.2, 0) is 4.79 Å². The summed E-state index contributed by atoms with van der Waals surface area (Å²) in [4.78, 5) is 38.4. The number of nitrogens with two attached hydrogens (primary N) is 1. The fourth-order valence-electron chi connectivity index (χ4n) is 6.28. The van der Waals surface area contributed by atoms with Gasteiger partial charge in [0.1, 0.15) is 17.8 Å². The molecule has 41 heavy (non-hydrogen) atoms. The molecule has 210 valence electrons. The van der Waals surface area contributed by atoms with Gasteiger partial charge in [-0.05, 0) is 68.6 Å². The minimum Gasteiger partial charge on any atom is -0.383 e. The Labute approximate surface area is 239 Å². The summed E-state index contributed by atoms with van der Waals surface area (Å²) in [5.74, 6) is 1.32. The molecular formula is C32H35N7O2. The number of anilines is 2. The van der Waals surface area contributed by atoms with Crippen molar-refractivity contribution in [2.45, 2.75) is 18.9 Å². The molecule has 2 unspecified atom stereocenters. The molecule has 2 atom stereocenters. The topological polar surface area (TPSA) is 109 Å². The van der Waals surface area contributed by atoms with Crippen molar-refractivity contribution in [1.82, 2.24) is 24.3 Å². The first-order valence-electron chi connectivity index (χ1n) is 14.1. The molecule has 2 aromatic carbocycles. The van der Waals surface area contributed by atoms with Crippen LogP contribution < -0.4 is 11.1 Å². The highest BCUT2D eigenvalue weighted by Gasteiger charge is 2.43. The largest absolute Gasteiger partial charge is 0.383 e. The van der Waals surface area contributed by atoms with E-state index in [1.54, 1.807) is 6.08 Å². The Morgan fingerprint density at radius 2 is 1.73 bits per heavy atom. The molecule has 0 radical (unpaired) electrons. The minimum absolute atomic E-state index is 0.105. The van der Waals surface area contributed by atoms with Crippen LogP contribution in [0.1, 0.15) is 29.2 Å². The normalized spacial score (nSPS) is 20.3. The minimum atomic E-state index is -0.161. The predicted octanol–water partition coefficient (Wildman–Crippen LogP) is 4.46. The van der Waals surface area contributed by atoms with Gasteiger partial charge in [0.15, 0.2) is 0 Å². The van der Waals surface area contributed by atoms with Gasteiger partial charge in [-0.15, -0.1) is 0 Å². The molecule has 4 aromatic rings. The van der Waals surface area contributed by atoms with Gasteiger partial charge >= 0.3 is 0 Å². The lowest BCUT2D eigenvalue weighted by molar-refractivity contribution is -0.125. The summed E-state index contributed by atoms with van der Waals surface area (Å²) >= 11 is 0. The first kappa shape index (κ1) is 26.7. The average molecular weight is 550 g/mol. The van der Waals surface area contributed by atoms with Gasteiger partial charge in [0.05, 0.1) is 5.39 Å². The standard InChI is InChI=1S/C32H35N7O2/c1-37(2)14-6-9-28(40)38-17-23-15-26(16-24(23)18-38)39-19-27(29-30(33)34-20-35-31(29)39)21-10-12-22(13-11-21)32(41)36-25-7-4-3-5-8-25/h3-13,19-20,23-24,26H,14-18H2,1-2H3,(H,36,41)(H2,33,34,35). The zero-order valence-electron chi connectivity index (χ0n) is 23.4. The number of nitrogen functional groups attached to an aromatic ring is 1. The molecule has 9 nitrogen and oxygen atoms in total. The fourth-order valence-corrected chi connectivity index (χ4v) is 6.28. The lowest BCUT2D eigenvalue weighted by Crippen LogP contribution is -2.28. The highest BCUT2D eigenvalue weighted by Crippen LogP contribution is 2.46. The van der Waals surface area contributed by atoms with Crippen molar-refractivity contribution in [1.29, 1.82) is 0 Å². The van der Waals surface area contributed by atoms with Gasteiger partial charge in [-0.3, -0.25) is 9.59 Å². The number of carbonyl (C=O) groups is 2. The predicted molar refractivity (Wildman–Crippen MR) is 161 cm³/mol. The summed E-state index contributed by atoms with van der Waals surface area (Å²) in [6.07, 6.45) is 9.27. The third kappa shape index (κ3) is 5.45. The number of hydrogen-bond donors (Lipinski definition) is 2. The maximum absolute atomic E-state index is 12.8. The second kappa shape index (κ2) is 11.2. The van der Waals surface area contributed by atoms with Crippen molar-refractivity contribution in [3.05, 3.63) is 84.8 Å². The number of likely N-dealkylation sites (N-methyl/N-ethyl adjacent to an activating group) is 1. The highest BCUT2D eigenvalue weighted by molar-refractivity contribution is 6.05. The van der Waals surface area contributed by atoms with Crippen molar-refractivity contribution in [2.24, 2.45) is 11.8 Å². The van der Waals surface area contributed by atoms with E-state index in [-0.39, 0.29) is 17.9 Å². The highest BCUT2D eigenvalue weighted by atomic mass is 16.2. The Bertz CT molecular complexity index is 1580. The number of carbonyl (C=O) groups excluding carboxylic acids is 2. The van der Waals surface area contributed by atoms with Crippen molar-refractivity contribution in [3.8, 4) is 11.1 Å². The summed E-state index contributed by atoms with van der Waals surface area (Å²) in [7, 11) is 3.98. The van der Waals surface area contributed by atoms with E-state index in [1.165, 1.54) is 6.33 Å². The second-order valence-electron chi connectivity index (χ2n) is 11.4. The van der Waals surface area contributed by atoms with Crippen LogP contribution >= 0.6 is 0 Å². The van der Waals surface area contributed by atoms with Crippen molar-refractivity contribution >= 4 is 34.4 Å². The van der Waals surface area contributed by atoms with E-state index in [2.05, 4.69) is 26.0 Å². The summed E-state index contributed by atoms with van der Waals surface area (Å²) < 4.78 is 2.25. The van der Waals surface area contributed by atoms with Gasteiger partial charge in [-0.25, -0.2) is 9.97 Å². The molecule has 1 aliphatic carbocycles. The molecule has 0 spiro atoms. The van der Waals surface area contributed by atoms with Crippen molar-refractivity contribution < 1.29 is 9.59 Å². The Morgan fingerprint density at radius 3 is 2.41 bits per heavy atom. The van der Waals surface area contributed by atoms with E-state index < -0.39 is 0 Å². The molecule has 2 fully saturated rings. The molecule has 2 amide bonds. The van der Waals surface area contributed by atoms with Gasteiger partial charge in [0.25, 0.3) is 5.91 Å². The fraction of sp³-hybridized carbons (Fsp3) is 0.312. The lowest BCUT2D eigenvalue weighted by atomic mass is 10.0. The van der Waals surface area contributed by atoms with Crippen LogP contribution in [0.4, 0.5) is 11.5 Å². The molecule has 9 heteroatoms. The van der Waals surface area contributed by atoms with Gasteiger partial charge in [-0.2, -0.15) is 0 Å². The van der Waals surface area contributed by atoms with Gasteiger partial charge < -0.3 is 25.4 Å². The van der Waals surface area contributed by atoms with E-state index in [1.807, 2.05) is 84.6 Å². The number of amides is 2. The van der Waals surface area contributed by atoms with Crippen LogP contribution in [0.3, 0.4) is 0 Å². The number of aromatic nitrogens is 3. The van der Waals surface area contributed by atoms with Crippen LogP contribution in [0.25, 0.3) is 22.2 Å². The molecule has 0 bridgehead atoms. The van der Waals surface area contributed by atoms with Crippen LogP contribution in [-0.4, -0.2) is 69.9 Å². The van der Waals surface area contributed by atoms with E-state index in [0.717, 1.165) is 60.3 Å². The quantitative estimate of drug-likeness (QED) is 0.330. The first-order valence-corrected chi connectivity index (χ1v) is 14.1. The maximum Gasteiger partial charge on any atom is 0.255 e. The third-order valence-electron chi connectivity index (χ3n) is 8.29. The molecule has 2 aliphatic rings. The molecule has 3 heterocycles. The SMILES string of the molecule is CN(C)CC=CC(=O)N1CC2CC(n3cc(-c4ccc(C(=O)Nc5ccccc5)cc4)c4c(N)ncnc43)CC2C1. The lowest BCUT2D eigenvalue weighted by Gasteiger charge is -2.19. The number of benzene rings is 2. The number of likely N-dealkylation sites (tertiary alicyclic amines) is 1. The van der Waals surface area contributed by atoms with Gasteiger partial charge in [0, 0.05) is 54.8 Å². The Hall–Kier alpha value is -4.50. The Morgan fingerprint density at radius 1 is 1.02 bits per heavy atom. The van der Waals surface area contributed by atoms with E-state index in [9.17, 15) is 9.59 Å². The molecule has 3 N–H and O–H groups in total. The van der Waals surface area contributed by atoms with Crippen LogP contribution in [0.5, 0.6) is 0 Å². The smallest absolute Gasteiger partial charge is 0.255 e. The number of para-hydroxylation sites is 1. The first-order chi connectivity index (χ1) is 19.9. The number of rotatable bonds is 7. The Kier molecular flexibility index (Phi) is 7.28. The summed E-state index contributed by atoms with van der Waals surface area (Å²) in [6.45, 7) is 2.34. The van der Waals surface area contributed by atoms with Crippen LogP contribution in [0.2, 0.25) is 0 Å². The molecule has 1 saturated carbocycles. The summed E-state index contributed by atoms with van der Waals surface area (Å²) in [5.41, 5.74) is 10.4. The number of hydrogen-bond acceptors (Lipinski definition) is 6. The average Bonchev–Trinajstić information content (AvgIpc) is 3.66. The van der Waals surface area contributed by atoms with Crippen molar-refractivity contribution in [3.63, 3.8) is 0 Å². The second-order valence-corrected chi connectivity index (χ2v) is 11.4. The number of fused-ring (bicyclic) bond motifs is 2. The van der Waals surface area contributed by atoms with E-state index in [0.29, 0.717) is 23.2 Å². The summed E-state index contributed by atoms with van der Waals surface area (Å²) in [6, 6.07) is 17.2. The van der Waals surface area contributed by atoms with Crippen molar-refractivity contribution in [2.75, 3.05) is 44.8 Å². The number of nitrogens with one attached hydrogen (secondary N) is 1. The summed E-state index contributed by atoms with van der Waals surface area (Å²) in [5, 5.41) is 3.76. The van der Waals surface area contributed by atoms with Gasteiger partial charge in [0.2, 0.25) is 5.91 Å².